The zero-order chi connectivity index (χ0) is 5.54. The highest BCUT2D eigenvalue weighted by molar-refractivity contribution is 6.55. The first-order valence-electron chi connectivity index (χ1n) is 2.21. The van der Waals surface area contributed by atoms with Crippen molar-refractivity contribution in [3.8, 4) is 23.5 Å². The largest absolute Gasteiger partial charge is 0.298 e. The highest BCUT2D eigenvalue weighted by atomic mass is 13.4. The van der Waals surface area contributed by atoms with Gasteiger partial charge in [0, 0.05) is 0 Å². The molecule has 0 radical (unpaired) electrons. The molecule has 0 aromatic heterocycles. The van der Waals surface area contributed by atoms with Crippen LogP contribution in [0.15, 0.2) is 0 Å². The van der Waals surface area contributed by atoms with E-state index in [1.165, 1.54) is 0 Å². The summed E-state index contributed by atoms with van der Waals surface area (Å²) in [6.07, 6.45) is 0. The summed E-state index contributed by atoms with van der Waals surface area (Å²) in [6.45, 7) is 3.63. The minimum atomic E-state index is 0.715. The van der Waals surface area contributed by atoms with Gasteiger partial charge in [0.15, 0.2) is 0 Å². The second-order valence-corrected chi connectivity index (χ2v) is 1.03. The van der Waals surface area contributed by atoms with Crippen molar-refractivity contribution in [3.05, 3.63) is 0 Å². The Morgan fingerprint density at radius 3 is 1.71 bits per heavy atom. The van der Waals surface area contributed by atoms with Crippen LogP contribution in [0.4, 0.5) is 0 Å². The van der Waals surface area contributed by atoms with E-state index >= 15 is 0 Å². The molecule has 0 unspecified atom stereocenters. The van der Waals surface area contributed by atoms with Crippen LogP contribution in [0.1, 0.15) is 13.8 Å². The Balaban J connectivity index is 3.21. The van der Waals surface area contributed by atoms with Gasteiger partial charge in [0.05, 0.1) is 0 Å². The van der Waals surface area contributed by atoms with Gasteiger partial charge in [0.1, 0.15) is 0 Å². The Kier molecular flexibility index (Phi) is 4.58. The van der Waals surface area contributed by atoms with Crippen molar-refractivity contribution in [2.45, 2.75) is 13.8 Å². The first-order valence-corrected chi connectivity index (χ1v) is 2.21. The maximum Gasteiger partial charge on any atom is 0.298 e. The molecule has 7 heavy (non-hydrogen) atoms. The Labute approximate surface area is 45.5 Å². The van der Waals surface area contributed by atoms with Crippen molar-refractivity contribution in [2.24, 2.45) is 0 Å². The molecule has 0 aliphatic heterocycles. The zero-order valence-electron chi connectivity index (χ0n) is 4.71. The van der Waals surface area contributed by atoms with E-state index in [1.807, 2.05) is 13.8 Å². The fraction of sp³-hybridized carbons (Fsp3) is 0.333. The second-order valence-electron chi connectivity index (χ2n) is 1.03. The third kappa shape index (κ3) is 5.18. The van der Waals surface area contributed by atoms with Gasteiger partial charge in [-0.25, -0.2) is 0 Å². The summed E-state index contributed by atoms with van der Waals surface area (Å²) in [7, 11) is 0.715. The van der Waals surface area contributed by atoms with Gasteiger partial charge < -0.3 is 0 Å². The minimum Gasteiger partial charge on any atom is -0.142 e. The van der Waals surface area contributed by atoms with E-state index in [0.717, 1.165) is 0 Å². The predicted octanol–water partition coefficient (Wildman–Crippen LogP) is 0.385. The van der Waals surface area contributed by atoms with Crippen LogP contribution >= 0.6 is 0 Å². The van der Waals surface area contributed by atoms with Crippen LogP contribution in [0.3, 0.4) is 0 Å². The molecule has 1 heteroatoms. The van der Waals surface area contributed by atoms with Crippen LogP contribution in [0.2, 0.25) is 0 Å². The molecule has 34 valence electrons. The predicted molar refractivity (Wildman–Crippen MR) is 34.0 cm³/mol. The zero-order valence-corrected chi connectivity index (χ0v) is 4.71. The molecule has 0 heterocycles. The molecule has 0 aliphatic rings. The molecule has 0 saturated carbocycles. The first-order chi connectivity index (χ1) is 3.41. The lowest BCUT2D eigenvalue weighted by atomic mass is 9.82. The second kappa shape index (κ2) is 5.18. The van der Waals surface area contributed by atoms with Crippen LogP contribution in [0.25, 0.3) is 0 Å². The molecule has 0 aromatic carbocycles. The number of hydrogen-bond acceptors (Lipinski definition) is 0. The van der Waals surface area contributed by atoms with E-state index in [1.54, 1.807) is 0 Å². The Morgan fingerprint density at radius 2 is 1.43 bits per heavy atom. The van der Waals surface area contributed by atoms with Crippen molar-refractivity contribution in [1.29, 1.82) is 0 Å². The average molecular weight is 89.9 g/mol. The summed E-state index contributed by atoms with van der Waals surface area (Å²) in [5.74, 6) is 11.2. The lowest BCUT2D eigenvalue weighted by molar-refractivity contribution is 1.93. The van der Waals surface area contributed by atoms with Crippen molar-refractivity contribution in [2.75, 3.05) is 0 Å². The summed E-state index contributed by atoms with van der Waals surface area (Å²) >= 11 is 0. The van der Waals surface area contributed by atoms with E-state index in [9.17, 15) is 0 Å². The quantitative estimate of drug-likeness (QED) is 0.298. The van der Waals surface area contributed by atoms with Crippen molar-refractivity contribution in [3.63, 3.8) is 0 Å². The molecule has 0 amide bonds. The van der Waals surface area contributed by atoms with Crippen LogP contribution in [-0.2, 0) is 0 Å². The van der Waals surface area contributed by atoms with E-state index in [0.29, 0.717) is 7.28 Å². The number of hydrogen-bond donors (Lipinski definition) is 0. The van der Waals surface area contributed by atoms with E-state index < -0.39 is 0 Å². The van der Waals surface area contributed by atoms with Gasteiger partial charge in [-0.1, -0.05) is 0 Å². The third-order valence-corrected chi connectivity index (χ3v) is 0.530. The summed E-state index contributed by atoms with van der Waals surface area (Å²) in [6, 6.07) is 0. The van der Waals surface area contributed by atoms with E-state index in [2.05, 4.69) is 23.5 Å². The molecule has 0 bridgehead atoms. The Morgan fingerprint density at radius 1 is 1.00 bits per heavy atom. The topological polar surface area (TPSA) is 0 Å². The highest BCUT2D eigenvalue weighted by Crippen LogP contribution is 1.51. The van der Waals surface area contributed by atoms with Gasteiger partial charge in [-0.3, -0.25) is 0 Å². The SMILES string of the molecule is CC#CBC#CC. The van der Waals surface area contributed by atoms with Crippen molar-refractivity contribution >= 4 is 7.28 Å². The van der Waals surface area contributed by atoms with Gasteiger partial charge in [0.2, 0.25) is 0 Å². The molecule has 0 saturated heterocycles. The highest BCUT2D eigenvalue weighted by Gasteiger charge is 1.64. The van der Waals surface area contributed by atoms with Gasteiger partial charge >= 0.3 is 0 Å². The molecule has 0 spiro atoms. The summed E-state index contributed by atoms with van der Waals surface area (Å²) in [5.41, 5.74) is 0. The molecule has 0 N–H and O–H groups in total. The van der Waals surface area contributed by atoms with Crippen LogP contribution in [0, 0.1) is 23.5 Å². The number of rotatable bonds is 0. The molecular formula is C6H7B. The molecule has 0 fully saturated rings. The van der Waals surface area contributed by atoms with Gasteiger partial charge in [-0.05, 0) is 13.8 Å². The van der Waals surface area contributed by atoms with Crippen molar-refractivity contribution < 1.29 is 0 Å². The molecule has 0 aliphatic carbocycles. The summed E-state index contributed by atoms with van der Waals surface area (Å²) < 4.78 is 0. The smallest absolute Gasteiger partial charge is 0.142 e. The molecule has 0 aromatic rings. The molecule has 0 rings (SSSR count). The van der Waals surface area contributed by atoms with Crippen molar-refractivity contribution in [1.82, 2.24) is 0 Å². The molecular weight excluding hydrogens is 82.9 g/mol. The lowest BCUT2D eigenvalue weighted by Gasteiger charge is -1.59. The van der Waals surface area contributed by atoms with E-state index in [-0.39, 0.29) is 0 Å². The average Bonchev–Trinajstić information content (AvgIpc) is 1.69. The summed E-state index contributed by atoms with van der Waals surface area (Å²) in [5, 5.41) is 0. The Hall–Kier alpha value is -0.815. The van der Waals surface area contributed by atoms with E-state index in [4.69, 9.17) is 0 Å². The lowest BCUT2D eigenvalue weighted by Crippen LogP contribution is -1.74. The Bertz CT molecular complexity index is 119. The van der Waals surface area contributed by atoms with Gasteiger partial charge in [-0.15, -0.1) is 23.5 Å². The maximum atomic E-state index is 2.83. The third-order valence-electron chi connectivity index (χ3n) is 0.530. The van der Waals surface area contributed by atoms with Crippen LogP contribution in [-0.4, -0.2) is 7.28 Å². The normalized spacial score (nSPS) is 4.29. The maximum absolute atomic E-state index is 2.83. The van der Waals surface area contributed by atoms with Crippen LogP contribution < -0.4 is 0 Å². The molecule has 0 atom stereocenters. The first kappa shape index (κ1) is 6.18. The fourth-order valence-corrected chi connectivity index (χ4v) is 0.221. The van der Waals surface area contributed by atoms with Crippen LogP contribution in [0.5, 0.6) is 0 Å². The van der Waals surface area contributed by atoms with Gasteiger partial charge in [0.25, 0.3) is 7.28 Å². The molecule has 0 nitrogen and oxygen atoms in total. The fourth-order valence-electron chi connectivity index (χ4n) is 0.221. The van der Waals surface area contributed by atoms with Gasteiger partial charge in [-0.2, -0.15) is 0 Å². The minimum absolute atomic E-state index is 0.715. The summed E-state index contributed by atoms with van der Waals surface area (Å²) in [4.78, 5) is 0. The monoisotopic (exact) mass is 90.1 g/mol. The standard InChI is InChI=1S/C6H7B/c1-3-5-7-6-4-2/h7H,1-2H3.